The van der Waals surface area contributed by atoms with Gasteiger partial charge in [0.05, 0.1) is 12.2 Å². The number of aromatic nitrogens is 1. The monoisotopic (exact) mass is 307 g/mol. The van der Waals surface area contributed by atoms with Crippen LogP contribution in [-0.2, 0) is 0 Å². The Labute approximate surface area is 128 Å². The lowest BCUT2D eigenvalue weighted by Crippen LogP contribution is -2.38. The van der Waals surface area contributed by atoms with E-state index in [4.69, 9.17) is 4.52 Å². The van der Waals surface area contributed by atoms with Crippen molar-refractivity contribution in [2.75, 3.05) is 19.6 Å². The van der Waals surface area contributed by atoms with Crippen LogP contribution in [0.1, 0.15) is 41.6 Å². The molecule has 1 amide bonds. The van der Waals surface area contributed by atoms with Gasteiger partial charge in [-0.15, -0.1) is 0 Å². The van der Waals surface area contributed by atoms with Crippen LogP contribution in [-0.4, -0.2) is 35.6 Å². The Bertz CT molecular complexity index is 561. The van der Waals surface area contributed by atoms with Crippen LogP contribution in [0, 0.1) is 6.92 Å². The van der Waals surface area contributed by atoms with E-state index in [-0.39, 0.29) is 11.9 Å². The number of hydrogen-bond acceptors (Lipinski definition) is 5. The normalized spacial score (nSPS) is 12.6. The van der Waals surface area contributed by atoms with Crippen LogP contribution in [0.25, 0.3) is 0 Å². The fourth-order valence-corrected chi connectivity index (χ4v) is 3.10. The Balaban J connectivity index is 2.06. The zero-order valence-corrected chi connectivity index (χ0v) is 13.4. The number of thiophene rings is 1. The molecule has 0 aliphatic heterocycles. The van der Waals surface area contributed by atoms with Gasteiger partial charge in [0.1, 0.15) is 11.3 Å². The molecule has 0 aliphatic carbocycles. The molecule has 2 aromatic rings. The van der Waals surface area contributed by atoms with Crippen LogP contribution in [0.3, 0.4) is 0 Å². The molecule has 1 N–H and O–H groups in total. The van der Waals surface area contributed by atoms with Gasteiger partial charge in [0.25, 0.3) is 5.91 Å². The molecule has 0 unspecified atom stereocenters. The lowest BCUT2D eigenvalue weighted by Gasteiger charge is -2.29. The largest absolute Gasteiger partial charge is 0.361 e. The summed E-state index contributed by atoms with van der Waals surface area (Å²) >= 11 is 1.68. The highest BCUT2D eigenvalue weighted by atomic mass is 32.1. The molecule has 6 heteroatoms. The molecule has 0 saturated heterocycles. The topological polar surface area (TPSA) is 58.4 Å². The number of amides is 1. The summed E-state index contributed by atoms with van der Waals surface area (Å²) in [6, 6.07) is 2.31. The van der Waals surface area contributed by atoms with E-state index >= 15 is 0 Å². The first-order valence-corrected chi connectivity index (χ1v) is 8.07. The summed E-state index contributed by atoms with van der Waals surface area (Å²) < 4.78 is 4.93. The number of rotatable bonds is 7. The van der Waals surface area contributed by atoms with Gasteiger partial charge in [-0.3, -0.25) is 9.69 Å². The Hall–Kier alpha value is -1.66. The smallest absolute Gasteiger partial charge is 0.256 e. The fraction of sp³-hybridized carbons (Fsp3) is 0.467. The molecule has 0 fully saturated rings. The molecule has 5 nitrogen and oxygen atoms in total. The molecule has 2 rings (SSSR count). The summed E-state index contributed by atoms with van der Waals surface area (Å²) in [7, 11) is 0. The zero-order valence-electron chi connectivity index (χ0n) is 12.6. The number of likely N-dealkylation sites (N-methyl/N-ethyl adjacent to an activating group) is 1. The van der Waals surface area contributed by atoms with Gasteiger partial charge in [0.2, 0.25) is 0 Å². The van der Waals surface area contributed by atoms with Crippen molar-refractivity contribution in [1.82, 2.24) is 15.4 Å². The quantitative estimate of drug-likeness (QED) is 0.854. The molecule has 0 radical (unpaired) electrons. The number of nitrogens with one attached hydrogen (secondary N) is 1. The standard InChI is InChI=1S/C15H21N3O2S/c1-4-18(5-2)14(12-6-7-21-10-12)9-16-15(19)13-8-17-20-11(13)3/h6-8,10,14H,4-5,9H2,1-3H3,(H,16,19)/t14-/m0/s1. The van der Waals surface area contributed by atoms with Crippen LogP contribution in [0.5, 0.6) is 0 Å². The number of nitrogens with zero attached hydrogens (tertiary/aromatic N) is 2. The first-order valence-electron chi connectivity index (χ1n) is 7.13. The Morgan fingerprint density at radius 2 is 2.24 bits per heavy atom. The number of carbonyl (C=O) groups excluding carboxylic acids is 1. The van der Waals surface area contributed by atoms with Crippen molar-refractivity contribution in [2.45, 2.75) is 26.8 Å². The minimum Gasteiger partial charge on any atom is -0.361 e. The maximum atomic E-state index is 12.2. The molecule has 2 heterocycles. The third kappa shape index (κ3) is 3.71. The fourth-order valence-electron chi connectivity index (χ4n) is 2.39. The summed E-state index contributed by atoms with van der Waals surface area (Å²) in [6.07, 6.45) is 1.46. The number of carbonyl (C=O) groups is 1. The third-order valence-electron chi connectivity index (χ3n) is 3.63. The van der Waals surface area contributed by atoms with E-state index in [0.717, 1.165) is 13.1 Å². The van der Waals surface area contributed by atoms with Gasteiger partial charge >= 0.3 is 0 Å². The second-order valence-corrected chi connectivity index (χ2v) is 5.58. The van der Waals surface area contributed by atoms with Gasteiger partial charge < -0.3 is 9.84 Å². The van der Waals surface area contributed by atoms with Crippen molar-refractivity contribution in [2.24, 2.45) is 0 Å². The number of hydrogen-bond donors (Lipinski definition) is 1. The third-order valence-corrected chi connectivity index (χ3v) is 4.33. The maximum absolute atomic E-state index is 12.2. The Morgan fingerprint density at radius 1 is 1.48 bits per heavy atom. The van der Waals surface area contributed by atoms with E-state index in [1.54, 1.807) is 18.3 Å². The van der Waals surface area contributed by atoms with Crippen molar-refractivity contribution in [3.8, 4) is 0 Å². The van der Waals surface area contributed by atoms with Crippen LogP contribution in [0.4, 0.5) is 0 Å². The molecular formula is C15H21N3O2S. The Kier molecular flexibility index (Phi) is 5.52. The molecule has 1 atom stereocenters. The second-order valence-electron chi connectivity index (χ2n) is 4.80. The summed E-state index contributed by atoms with van der Waals surface area (Å²) in [4.78, 5) is 14.5. The van der Waals surface area contributed by atoms with Gasteiger partial charge in [-0.2, -0.15) is 11.3 Å². The van der Waals surface area contributed by atoms with Crippen molar-refractivity contribution in [3.05, 3.63) is 39.9 Å². The molecule has 2 aromatic heterocycles. The highest BCUT2D eigenvalue weighted by Gasteiger charge is 2.20. The maximum Gasteiger partial charge on any atom is 0.256 e. The minimum atomic E-state index is -0.138. The molecule has 114 valence electrons. The van der Waals surface area contributed by atoms with E-state index in [0.29, 0.717) is 17.9 Å². The lowest BCUT2D eigenvalue weighted by atomic mass is 10.1. The molecule has 0 spiro atoms. The van der Waals surface area contributed by atoms with Crippen LogP contribution in [0.15, 0.2) is 27.5 Å². The second kappa shape index (κ2) is 7.38. The van der Waals surface area contributed by atoms with E-state index in [1.807, 2.05) is 0 Å². The molecule has 21 heavy (non-hydrogen) atoms. The highest BCUT2D eigenvalue weighted by Crippen LogP contribution is 2.22. The summed E-state index contributed by atoms with van der Waals surface area (Å²) in [5.41, 5.74) is 1.74. The molecule has 0 aromatic carbocycles. The summed E-state index contributed by atoms with van der Waals surface area (Å²) in [5, 5.41) is 10.8. The van der Waals surface area contributed by atoms with Gasteiger partial charge in [-0.05, 0) is 42.4 Å². The molecule has 0 bridgehead atoms. The highest BCUT2D eigenvalue weighted by molar-refractivity contribution is 7.07. The van der Waals surface area contributed by atoms with Crippen LogP contribution in [0.2, 0.25) is 0 Å². The van der Waals surface area contributed by atoms with Gasteiger partial charge in [-0.1, -0.05) is 19.0 Å². The van der Waals surface area contributed by atoms with Crippen molar-refractivity contribution < 1.29 is 9.32 Å². The van der Waals surface area contributed by atoms with Crippen LogP contribution >= 0.6 is 11.3 Å². The van der Waals surface area contributed by atoms with Crippen LogP contribution < -0.4 is 5.32 Å². The molecule has 0 aliphatic rings. The lowest BCUT2D eigenvalue weighted by molar-refractivity contribution is 0.0933. The SMILES string of the molecule is CCN(CC)[C@@H](CNC(=O)c1cnoc1C)c1ccsc1. The average molecular weight is 307 g/mol. The average Bonchev–Trinajstić information content (AvgIpc) is 3.14. The van der Waals surface area contributed by atoms with E-state index < -0.39 is 0 Å². The van der Waals surface area contributed by atoms with Gasteiger partial charge in [0, 0.05) is 6.54 Å². The Morgan fingerprint density at radius 3 is 2.76 bits per heavy atom. The number of aryl methyl sites for hydroxylation is 1. The summed E-state index contributed by atoms with van der Waals surface area (Å²) in [5.74, 6) is 0.406. The molecular weight excluding hydrogens is 286 g/mol. The van der Waals surface area contributed by atoms with Gasteiger partial charge in [-0.25, -0.2) is 0 Å². The van der Waals surface area contributed by atoms with Gasteiger partial charge in [0.15, 0.2) is 0 Å². The first kappa shape index (κ1) is 15.7. The van der Waals surface area contributed by atoms with E-state index in [2.05, 4.69) is 46.0 Å². The predicted molar refractivity (Wildman–Crippen MR) is 83.6 cm³/mol. The summed E-state index contributed by atoms with van der Waals surface area (Å²) in [6.45, 7) is 8.46. The zero-order chi connectivity index (χ0) is 15.2. The van der Waals surface area contributed by atoms with Crippen molar-refractivity contribution >= 4 is 17.2 Å². The van der Waals surface area contributed by atoms with E-state index in [1.165, 1.54) is 11.8 Å². The minimum absolute atomic E-state index is 0.138. The van der Waals surface area contributed by atoms with E-state index in [9.17, 15) is 4.79 Å². The first-order chi connectivity index (χ1) is 10.2. The molecule has 0 saturated carbocycles. The van der Waals surface area contributed by atoms with Crippen molar-refractivity contribution in [3.63, 3.8) is 0 Å². The predicted octanol–water partition coefficient (Wildman–Crippen LogP) is 2.86. The van der Waals surface area contributed by atoms with Crippen molar-refractivity contribution in [1.29, 1.82) is 0 Å².